The molecule has 188 valence electrons. The molecule has 8 heteroatoms. The van der Waals surface area contributed by atoms with Gasteiger partial charge in [-0.2, -0.15) is 5.10 Å². The zero-order valence-electron chi connectivity index (χ0n) is 21.5. The largest absolute Gasteiger partial charge is 0.496 e. The van der Waals surface area contributed by atoms with E-state index in [4.69, 9.17) is 14.8 Å². The van der Waals surface area contributed by atoms with Crippen molar-refractivity contribution in [3.8, 4) is 16.9 Å². The average Bonchev–Trinajstić information content (AvgIpc) is 3.15. The van der Waals surface area contributed by atoms with Gasteiger partial charge in [-0.05, 0) is 57.2 Å². The highest BCUT2D eigenvalue weighted by atomic mass is 32.2. The standard InChI is InChI=1S/C27H37N5O2S/c1-18-13-19(2)16-31(15-18)12-8-11-28-24(33)17-35-25-14-20(3)29-27-26(21(4)30-32(25)27)22-9-6-7-10-23(22)34-5/h6-7,9-10,14,18-19H,8,11-13,15-17H2,1-5H3,(H,28,33)/t18-,19-/m1/s1. The number of hydrogen-bond acceptors (Lipinski definition) is 6. The minimum absolute atomic E-state index is 0.0480. The number of hydrogen-bond donors (Lipinski definition) is 1. The normalized spacial score (nSPS) is 18.7. The molecule has 1 N–H and O–H groups in total. The van der Waals surface area contributed by atoms with Crippen LogP contribution in [0.3, 0.4) is 0 Å². The summed E-state index contributed by atoms with van der Waals surface area (Å²) in [7, 11) is 1.67. The van der Waals surface area contributed by atoms with Crippen molar-refractivity contribution in [2.75, 3.05) is 39.0 Å². The number of nitrogens with one attached hydrogen (secondary N) is 1. The lowest BCUT2D eigenvalue weighted by atomic mass is 9.92. The minimum Gasteiger partial charge on any atom is -0.496 e. The quantitative estimate of drug-likeness (QED) is 0.266. The Morgan fingerprint density at radius 1 is 1.20 bits per heavy atom. The second-order valence-electron chi connectivity index (χ2n) is 9.83. The third-order valence-electron chi connectivity index (χ3n) is 6.50. The van der Waals surface area contributed by atoms with E-state index < -0.39 is 0 Å². The number of nitrogens with zero attached hydrogens (tertiary/aromatic N) is 4. The number of likely N-dealkylation sites (tertiary alicyclic amines) is 1. The zero-order chi connectivity index (χ0) is 24.9. The van der Waals surface area contributed by atoms with Crippen LogP contribution in [0.4, 0.5) is 0 Å². The van der Waals surface area contributed by atoms with Crippen molar-refractivity contribution < 1.29 is 9.53 Å². The minimum atomic E-state index is 0.0480. The van der Waals surface area contributed by atoms with Crippen LogP contribution >= 0.6 is 11.8 Å². The van der Waals surface area contributed by atoms with Crippen molar-refractivity contribution in [2.24, 2.45) is 11.8 Å². The van der Waals surface area contributed by atoms with Crippen LogP contribution in [0.5, 0.6) is 5.75 Å². The van der Waals surface area contributed by atoms with E-state index in [1.54, 1.807) is 7.11 Å². The van der Waals surface area contributed by atoms with Gasteiger partial charge < -0.3 is 15.0 Å². The first-order valence-corrected chi connectivity index (χ1v) is 13.5. The number of aromatic nitrogens is 3. The third kappa shape index (κ3) is 6.16. The van der Waals surface area contributed by atoms with Crippen LogP contribution in [0.1, 0.15) is 38.1 Å². The van der Waals surface area contributed by atoms with Crippen molar-refractivity contribution in [3.05, 3.63) is 41.7 Å². The molecule has 3 heterocycles. The molecule has 35 heavy (non-hydrogen) atoms. The van der Waals surface area contributed by atoms with Crippen molar-refractivity contribution in [1.29, 1.82) is 0 Å². The number of rotatable bonds is 9. The monoisotopic (exact) mass is 495 g/mol. The van der Waals surface area contributed by atoms with Crippen molar-refractivity contribution in [2.45, 2.75) is 45.6 Å². The van der Waals surface area contributed by atoms with Gasteiger partial charge in [-0.25, -0.2) is 9.50 Å². The van der Waals surface area contributed by atoms with Gasteiger partial charge in [-0.3, -0.25) is 4.79 Å². The highest BCUT2D eigenvalue weighted by Crippen LogP contribution is 2.35. The molecule has 0 aliphatic carbocycles. The number of fused-ring (bicyclic) bond motifs is 1. The van der Waals surface area contributed by atoms with Crippen LogP contribution in [0.25, 0.3) is 16.8 Å². The summed E-state index contributed by atoms with van der Waals surface area (Å²) in [5, 5.41) is 8.76. The molecule has 0 unspecified atom stereocenters. The maximum atomic E-state index is 12.6. The molecule has 2 aromatic heterocycles. The summed E-state index contributed by atoms with van der Waals surface area (Å²) in [4.78, 5) is 19.9. The molecule has 1 aliphatic rings. The number of benzene rings is 1. The van der Waals surface area contributed by atoms with Crippen molar-refractivity contribution >= 4 is 23.3 Å². The van der Waals surface area contributed by atoms with Crippen LogP contribution in [-0.2, 0) is 4.79 Å². The molecule has 1 aromatic carbocycles. The van der Waals surface area contributed by atoms with E-state index in [9.17, 15) is 4.79 Å². The Bertz CT molecular complexity index is 1170. The van der Waals surface area contributed by atoms with Crippen LogP contribution in [-0.4, -0.2) is 64.4 Å². The molecule has 0 bridgehead atoms. The second-order valence-corrected chi connectivity index (χ2v) is 10.8. The molecule has 0 saturated carbocycles. The summed E-state index contributed by atoms with van der Waals surface area (Å²) in [6.07, 6.45) is 2.30. The maximum Gasteiger partial charge on any atom is 0.230 e. The number of piperidine rings is 1. The van der Waals surface area contributed by atoms with Gasteiger partial charge >= 0.3 is 0 Å². The molecule has 1 aliphatic heterocycles. The van der Waals surface area contributed by atoms with Gasteiger partial charge in [-0.1, -0.05) is 43.8 Å². The SMILES string of the molecule is COc1ccccc1-c1c(C)nn2c(SCC(=O)NCCCN3C[C@H](C)C[C@@H](C)C3)cc(C)nc12. The Kier molecular flexibility index (Phi) is 8.34. The Balaban J connectivity index is 1.38. The van der Waals surface area contributed by atoms with Gasteiger partial charge in [0.2, 0.25) is 5.91 Å². The summed E-state index contributed by atoms with van der Waals surface area (Å²) in [6.45, 7) is 12.7. The lowest BCUT2D eigenvalue weighted by Gasteiger charge is -2.34. The zero-order valence-corrected chi connectivity index (χ0v) is 22.3. The van der Waals surface area contributed by atoms with Gasteiger partial charge in [0.25, 0.3) is 0 Å². The Hall–Kier alpha value is -2.58. The molecule has 1 saturated heterocycles. The highest BCUT2D eigenvalue weighted by molar-refractivity contribution is 7.99. The summed E-state index contributed by atoms with van der Waals surface area (Å²) >= 11 is 1.49. The Morgan fingerprint density at radius 3 is 2.69 bits per heavy atom. The van der Waals surface area contributed by atoms with Crippen LogP contribution in [0.15, 0.2) is 35.4 Å². The average molecular weight is 496 g/mol. The van der Waals surface area contributed by atoms with Crippen molar-refractivity contribution in [3.63, 3.8) is 0 Å². The van der Waals surface area contributed by atoms with E-state index in [0.29, 0.717) is 12.3 Å². The number of thioether (sulfide) groups is 1. The fraction of sp³-hybridized carbons (Fsp3) is 0.519. The van der Waals surface area contributed by atoms with E-state index in [-0.39, 0.29) is 5.91 Å². The lowest BCUT2D eigenvalue weighted by molar-refractivity contribution is -0.118. The van der Waals surface area contributed by atoms with Gasteiger partial charge in [0, 0.05) is 30.9 Å². The van der Waals surface area contributed by atoms with Gasteiger partial charge in [0.15, 0.2) is 5.65 Å². The molecule has 0 spiro atoms. The number of carbonyl (C=O) groups excluding carboxylic acids is 1. The van der Waals surface area contributed by atoms with E-state index in [1.165, 1.54) is 31.3 Å². The fourth-order valence-corrected chi connectivity index (χ4v) is 6.06. The molecular formula is C27H37N5O2S. The van der Waals surface area contributed by atoms with E-state index in [0.717, 1.165) is 63.7 Å². The molecule has 7 nitrogen and oxygen atoms in total. The molecule has 1 fully saturated rings. The molecule has 0 radical (unpaired) electrons. The van der Waals surface area contributed by atoms with Crippen LogP contribution < -0.4 is 10.1 Å². The fourth-order valence-electron chi connectivity index (χ4n) is 5.18. The maximum absolute atomic E-state index is 12.6. The predicted molar refractivity (Wildman–Crippen MR) is 142 cm³/mol. The molecule has 3 aromatic rings. The number of aryl methyl sites for hydroxylation is 2. The summed E-state index contributed by atoms with van der Waals surface area (Å²) < 4.78 is 7.43. The molecular weight excluding hydrogens is 458 g/mol. The first-order chi connectivity index (χ1) is 16.9. The number of methoxy groups -OCH3 is 1. The molecule has 2 atom stereocenters. The number of ether oxygens (including phenoxy) is 1. The van der Waals surface area contributed by atoms with Crippen LogP contribution in [0, 0.1) is 25.7 Å². The van der Waals surface area contributed by atoms with Crippen molar-refractivity contribution in [1.82, 2.24) is 24.8 Å². The first kappa shape index (κ1) is 25.5. The van der Waals surface area contributed by atoms with E-state index in [1.807, 2.05) is 48.7 Å². The second kappa shape index (κ2) is 11.4. The van der Waals surface area contributed by atoms with E-state index >= 15 is 0 Å². The molecule has 4 rings (SSSR count). The number of para-hydroxylation sites is 1. The smallest absolute Gasteiger partial charge is 0.230 e. The number of carbonyl (C=O) groups is 1. The Morgan fingerprint density at radius 2 is 1.94 bits per heavy atom. The highest BCUT2D eigenvalue weighted by Gasteiger charge is 2.21. The van der Waals surface area contributed by atoms with Gasteiger partial charge in [0.1, 0.15) is 10.8 Å². The van der Waals surface area contributed by atoms with Gasteiger partial charge in [0.05, 0.1) is 24.1 Å². The number of amides is 1. The lowest BCUT2D eigenvalue weighted by Crippen LogP contribution is -2.40. The Labute approximate surface area is 212 Å². The van der Waals surface area contributed by atoms with E-state index in [2.05, 4.69) is 24.1 Å². The summed E-state index contributed by atoms with van der Waals surface area (Å²) in [5.41, 5.74) is 4.46. The summed E-state index contributed by atoms with van der Waals surface area (Å²) in [6, 6.07) is 9.90. The van der Waals surface area contributed by atoms with Crippen LogP contribution in [0.2, 0.25) is 0 Å². The molecule has 1 amide bonds. The van der Waals surface area contributed by atoms with Gasteiger partial charge in [-0.15, -0.1) is 0 Å². The first-order valence-electron chi connectivity index (χ1n) is 12.5. The third-order valence-corrected chi connectivity index (χ3v) is 7.50. The topological polar surface area (TPSA) is 71.8 Å². The summed E-state index contributed by atoms with van der Waals surface area (Å²) in [5.74, 6) is 2.71. The predicted octanol–water partition coefficient (Wildman–Crippen LogP) is 4.60.